The number of aliphatic hydroxyl groups excluding tert-OH is 2. The molecule has 238 valence electrons. The van der Waals surface area contributed by atoms with Crippen molar-refractivity contribution in [1.29, 1.82) is 0 Å². The Hall–Kier alpha value is -2.49. The molecule has 8 nitrogen and oxygen atoms in total. The zero-order chi connectivity index (χ0) is 30.3. The van der Waals surface area contributed by atoms with Gasteiger partial charge >= 0.3 is 6.03 Å². The Morgan fingerprint density at radius 3 is 2.18 bits per heavy atom. The smallest absolute Gasteiger partial charge is 0.315 e. The Balaban J connectivity index is 1.01. The van der Waals surface area contributed by atoms with Crippen LogP contribution < -0.4 is 10.6 Å². The number of nitrogens with one attached hydrogen (secondary N) is 2. The molecule has 0 spiro atoms. The highest BCUT2D eigenvalue weighted by atomic mass is 16.7. The number of likely N-dealkylation sites (tertiary alicyclic amines) is 1. The highest BCUT2D eigenvalue weighted by Gasteiger charge is 2.51. The fraction of sp³-hybridized carbons (Fsp3) is 0.639. The number of hydrogen-bond acceptors (Lipinski definition) is 6. The van der Waals surface area contributed by atoms with Crippen molar-refractivity contribution in [3.8, 4) is 0 Å². The zero-order valence-corrected chi connectivity index (χ0v) is 26.0. The molecule has 0 unspecified atom stereocenters. The predicted molar refractivity (Wildman–Crippen MR) is 167 cm³/mol. The minimum absolute atomic E-state index is 0.00719. The van der Waals surface area contributed by atoms with Gasteiger partial charge in [-0.25, -0.2) is 4.79 Å². The average molecular weight is 604 g/mol. The lowest BCUT2D eigenvalue weighted by Gasteiger charge is -2.56. The van der Waals surface area contributed by atoms with Crippen molar-refractivity contribution in [3.05, 3.63) is 70.8 Å². The van der Waals surface area contributed by atoms with Crippen LogP contribution in [0.25, 0.3) is 0 Å². The van der Waals surface area contributed by atoms with Crippen molar-refractivity contribution >= 4 is 6.03 Å². The van der Waals surface area contributed by atoms with Gasteiger partial charge in [0.25, 0.3) is 0 Å². The number of benzene rings is 2. The van der Waals surface area contributed by atoms with Gasteiger partial charge in [0.1, 0.15) is 0 Å². The molecule has 4 aliphatic carbocycles. The lowest BCUT2D eigenvalue weighted by atomic mass is 9.53. The first-order valence-electron chi connectivity index (χ1n) is 16.9. The Kier molecular flexibility index (Phi) is 8.72. The fourth-order valence-corrected chi connectivity index (χ4v) is 9.43. The van der Waals surface area contributed by atoms with E-state index < -0.39 is 6.29 Å². The van der Waals surface area contributed by atoms with Crippen LogP contribution >= 0.6 is 0 Å². The van der Waals surface area contributed by atoms with Crippen LogP contribution in [0.3, 0.4) is 0 Å². The molecule has 6 fully saturated rings. The molecule has 0 radical (unpaired) electrons. The van der Waals surface area contributed by atoms with E-state index in [1.165, 1.54) is 19.3 Å². The lowest BCUT2D eigenvalue weighted by Crippen LogP contribution is -2.61. The summed E-state index contributed by atoms with van der Waals surface area (Å²) < 4.78 is 13.3. The van der Waals surface area contributed by atoms with Gasteiger partial charge in [-0.1, -0.05) is 55.5 Å². The molecular formula is C36H49N3O5. The molecule has 6 aliphatic rings. The molecule has 8 rings (SSSR count). The summed E-state index contributed by atoms with van der Waals surface area (Å²) in [6.45, 7) is 4.55. The zero-order valence-electron chi connectivity index (χ0n) is 26.0. The third kappa shape index (κ3) is 6.29. The standard InChI is InChI=1S/C36H49N3O5/c1-23-32(20-39-12-2-3-31(39)22-41)43-34(44-33(23)29-8-6-25(21-40)7-9-29)30-10-4-24(5-11-30)19-37-35(42)38-36-16-26-13-27(17-36)15-28(14-26)18-36/h4-11,23,26-28,31-34,40-41H,2-3,12-22H2,1H3,(H2,37,38,42)/t23-,26?,27?,28?,31+,32+,33+,34+,36?/m1/s1. The van der Waals surface area contributed by atoms with Gasteiger partial charge in [-0.15, -0.1) is 0 Å². The third-order valence-electron chi connectivity index (χ3n) is 11.4. The number of nitrogens with zero attached hydrogens (tertiary/aromatic N) is 1. The van der Waals surface area contributed by atoms with E-state index >= 15 is 0 Å². The summed E-state index contributed by atoms with van der Waals surface area (Å²) >= 11 is 0. The van der Waals surface area contributed by atoms with Crippen molar-refractivity contribution in [1.82, 2.24) is 15.5 Å². The monoisotopic (exact) mass is 603 g/mol. The van der Waals surface area contributed by atoms with Crippen LogP contribution in [0, 0.1) is 23.7 Å². The molecule has 4 saturated carbocycles. The quantitative estimate of drug-likeness (QED) is 0.315. The minimum atomic E-state index is -0.532. The fourth-order valence-electron chi connectivity index (χ4n) is 9.43. The summed E-state index contributed by atoms with van der Waals surface area (Å²) in [4.78, 5) is 15.3. The van der Waals surface area contributed by atoms with Crippen LogP contribution in [0.15, 0.2) is 48.5 Å². The number of rotatable bonds is 9. The van der Waals surface area contributed by atoms with Gasteiger partial charge in [-0.05, 0) is 92.4 Å². The first-order chi connectivity index (χ1) is 21.4. The van der Waals surface area contributed by atoms with E-state index in [0.717, 1.165) is 85.2 Å². The van der Waals surface area contributed by atoms with Gasteiger partial charge in [0, 0.05) is 36.2 Å². The van der Waals surface area contributed by atoms with Gasteiger partial charge in [-0.3, -0.25) is 4.90 Å². The molecule has 4 N–H and O–H groups in total. The molecule has 0 aromatic heterocycles. The van der Waals surface area contributed by atoms with Crippen molar-refractivity contribution in [3.63, 3.8) is 0 Å². The lowest BCUT2D eigenvalue weighted by molar-refractivity contribution is -0.276. The summed E-state index contributed by atoms with van der Waals surface area (Å²) in [7, 11) is 0. The highest BCUT2D eigenvalue weighted by Crippen LogP contribution is 2.55. The van der Waals surface area contributed by atoms with Gasteiger partial charge in [0.2, 0.25) is 0 Å². The number of hydrogen-bond donors (Lipinski definition) is 4. The largest absolute Gasteiger partial charge is 0.395 e. The maximum absolute atomic E-state index is 13.0. The van der Waals surface area contributed by atoms with Crippen molar-refractivity contribution in [2.24, 2.45) is 23.7 Å². The Morgan fingerprint density at radius 2 is 1.55 bits per heavy atom. The molecular weight excluding hydrogens is 554 g/mol. The normalized spacial score (nSPS) is 36.4. The minimum Gasteiger partial charge on any atom is -0.395 e. The SMILES string of the molecule is C[C@@H]1[C@H](CN2CCC[C@H]2CO)O[C@H](c2ccc(CNC(=O)NC34CC5CC(CC(C5)C3)C4)cc2)O[C@@H]1c1ccc(CO)cc1. The summed E-state index contributed by atoms with van der Waals surface area (Å²) in [6, 6.07) is 16.3. The van der Waals surface area contributed by atoms with Crippen LogP contribution in [0.2, 0.25) is 0 Å². The Morgan fingerprint density at radius 1 is 0.909 bits per heavy atom. The van der Waals surface area contributed by atoms with Gasteiger partial charge in [-0.2, -0.15) is 0 Å². The van der Waals surface area contributed by atoms with E-state index in [1.54, 1.807) is 0 Å². The molecule has 2 aromatic rings. The van der Waals surface area contributed by atoms with E-state index in [-0.39, 0.29) is 49.0 Å². The van der Waals surface area contributed by atoms with Gasteiger partial charge < -0.3 is 30.3 Å². The number of carbonyl (C=O) groups excluding carboxylic acids is 1. The van der Waals surface area contributed by atoms with E-state index in [2.05, 4.69) is 22.5 Å². The predicted octanol–water partition coefficient (Wildman–Crippen LogP) is 5.20. The van der Waals surface area contributed by atoms with E-state index in [9.17, 15) is 15.0 Å². The summed E-state index contributed by atoms with van der Waals surface area (Å²) in [5, 5.41) is 26.0. The molecule has 2 saturated heterocycles. The maximum Gasteiger partial charge on any atom is 0.315 e. The first kappa shape index (κ1) is 30.2. The molecule has 44 heavy (non-hydrogen) atoms. The van der Waals surface area contributed by atoms with E-state index in [0.29, 0.717) is 6.54 Å². The highest BCUT2D eigenvalue weighted by molar-refractivity contribution is 5.75. The molecule has 2 aromatic carbocycles. The second kappa shape index (κ2) is 12.7. The summed E-state index contributed by atoms with van der Waals surface area (Å²) in [6.07, 6.45) is 8.86. The molecule has 8 heteroatoms. The van der Waals surface area contributed by atoms with Crippen LogP contribution in [0.5, 0.6) is 0 Å². The Bertz CT molecular complexity index is 1250. The number of aliphatic hydroxyl groups is 2. The molecule has 4 bridgehead atoms. The number of amides is 2. The van der Waals surface area contributed by atoms with Crippen LogP contribution in [0.4, 0.5) is 4.79 Å². The molecule has 5 atom stereocenters. The van der Waals surface area contributed by atoms with Crippen LogP contribution in [-0.4, -0.2) is 58.5 Å². The molecule has 2 amide bonds. The van der Waals surface area contributed by atoms with Crippen molar-refractivity contribution in [2.45, 2.75) is 102 Å². The first-order valence-corrected chi connectivity index (χ1v) is 16.9. The average Bonchev–Trinajstić information content (AvgIpc) is 3.47. The maximum atomic E-state index is 13.0. The second-order valence-corrected chi connectivity index (χ2v) is 14.5. The van der Waals surface area contributed by atoms with Crippen molar-refractivity contribution in [2.75, 3.05) is 19.7 Å². The van der Waals surface area contributed by atoms with Crippen LogP contribution in [0.1, 0.15) is 92.9 Å². The summed E-state index contributed by atoms with van der Waals surface area (Å²) in [5.41, 5.74) is 3.93. The topological polar surface area (TPSA) is 103 Å². The molecule has 2 heterocycles. The Labute approximate surface area is 261 Å². The van der Waals surface area contributed by atoms with Crippen LogP contribution in [-0.2, 0) is 22.6 Å². The number of ether oxygens (including phenoxy) is 2. The molecule has 2 aliphatic heterocycles. The van der Waals surface area contributed by atoms with E-state index in [1.807, 2.05) is 48.5 Å². The second-order valence-electron chi connectivity index (χ2n) is 14.5. The van der Waals surface area contributed by atoms with Gasteiger partial charge in [0.15, 0.2) is 6.29 Å². The third-order valence-corrected chi connectivity index (χ3v) is 11.4. The number of carbonyl (C=O) groups is 1. The van der Waals surface area contributed by atoms with E-state index in [4.69, 9.17) is 9.47 Å². The van der Waals surface area contributed by atoms with Gasteiger partial charge in [0.05, 0.1) is 25.4 Å². The summed E-state index contributed by atoms with van der Waals surface area (Å²) in [5.74, 6) is 2.49. The number of urea groups is 1. The van der Waals surface area contributed by atoms with Crippen molar-refractivity contribution < 1.29 is 24.5 Å².